The van der Waals surface area contributed by atoms with Gasteiger partial charge in [0, 0.05) is 18.3 Å². The molecule has 1 fully saturated rings. The SMILES string of the molecule is CCc1ccc(N2CCC(N)C(C)(C)C2=O)cc1. The van der Waals surface area contributed by atoms with Crippen molar-refractivity contribution in [2.75, 3.05) is 11.4 Å². The molecule has 0 aliphatic carbocycles. The van der Waals surface area contributed by atoms with E-state index in [0.717, 1.165) is 25.1 Å². The molecular weight excluding hydrogens is 224 g/mol. The van der Waals surface area contributed by atoms with Gasteiger partial charge in [0.25, 0.3) is 0 Å². The van der Waals surface area contributed by atoms with E-state index < -0.39 is 5.41 Å². The van der Waals surface area contributed by atoms with Gasteiger partial charge >= 0.3 is 0 Å². The average Bonchev–Trinajstić information content (AvgIpc) is 2.37. The molecule has 1 atom stereocenters. The highest BCUT2D eigenvalue weighted by Crippen LogP contribution is 2.32. The second kappa shape index (κ2) is 4.73. The van der Waals surface area contributed by atoms with Crippen LogP contribution in [-0.4, -0.2) is 18.5 Å². The van der Waals surface area contributed by atoms with Gasteiger partial charge in [0.15, 0.2) is 0 Å². The highest BCUT2D eigenvalue weighted by atomic mass is 16.2. The quantitative estimate of drug-likeness (QED) is 0.870. The van der Waals surface area contributed by atoms with E-state index in [2.05, 4.69) is 19.1 Å². The molecule has 1 aliphatic heterocycles. The van der Waals surface area contributed by atoms with Crippen LogP contribution in [0, 0.1) is 5.41 Å². The van der Waals surface area contributed by atoms with Crippen LogP contribution in [0.25, 0.3) is 0 Å². The maximum absolute atomic E-state index is 12.5. The number of aryl methyl sites for hydroxylation is 1. The number of anilines is 1. The number of carbonyl (C=O) groups excluding carboxylic acids is 1. The average molecular weight is 246 g/mol. The van der Waals surface area contributed by atoms with Crippen LogP contribution >= 0.6 is 0 Å². The molecule has 2 N–H and O–H groups in total. The normalized spacial score (nSPS) is 23.2. The number of hydrogen-bond acceptors (Lipinski definition) is 2. The molecule has 0 bridgehead atoms. The van der Waals surface area contributed by atoms with Crippen LogP contribution < -0.4 is 10.6 Å². The summed E-state index contributed by atoms with van der Waals surface area (Å²) in [6.07, 6.45) is 1.87. The maximum Gasteiger partial charge on any atom is 0.234 e. The van der Waals surface area contributed by atoms with Crippen molar-refractivity contribution in [3.63, 3.8) is 0 Å². The summed E-state index contributed by atoms with van der Waals surface area (Å²) in [4.78, 5) is 14.3. The van der Waals surface area contributed by atoms with E-state index in [9.17, 15) is 4.79 Å². The number of amides is 1. The zero-order valence-corrected chi connectivity index (χ0v) is 11.4. The summed E-state index contributed by atoms with van der Waals surface area (Å²) in [6.45, 7) is 6.72. The summed E-state index contributed by atoms with van der Waals surface area (Å²) in [5.41, 5.74) is 7.85. The molecule has 3 heteroatoms. The summed E-state index contributed by atoms with van der Waals surface area (Å²) < 4.78 is 0. The van der Waals surface area contributed by atoms with Gasteiger partial charge in [0.05, 0.1) is 5.41 Å². The highest BCUT2D eigenvalue weighted by Gasteiger charge is 2.41. The Morgan fingerprint density at radius 2 is 1.94 bits per heavy atom. The summed E-state index contributed by atoms with van der Waals surface area (Å²) in [7, 11) is 0. The van der Waals surface area contributed by atoms with Crippen LogP contribution in [0.1, 0.15) is 32.8 Å². The van der Waals surface area contributed by atoms with Gasteiger partial charge < -0.3 is 10.6 Å². The van der Waals surface area contributed by atoms with Crippen molar-refractivity contribution in [1.29, 1.82) is 0 Å². The van der Waals surface area contributed by atoms with Gasteiger partial charge in [0.2, 0.25) is 5.91 Å². The van der Waals surface area contributed by atoms with Gasteiger partial charge in [-0.2, -0.15) is 0 Å². The largest absolute Gasteiger partial charge is 0.327 e. The smallest absolute Gasteiger partial charge is 0.234 e. The third kappa shape index (κ3) is 2.15. The molecule has 2 rings (SSSR count). The molecule has 1 amide bonds. The zero-order valence-electron chi connectivity index (χ0n) is 11.4. The monoisotopic (exact) mass is 246 g/mol. The predicted molar refractivity (Wildman–Crippen MR) is 74.5 cm³/mol. The minimum absolute atomic E-state index is 0.0452. The molecular formula is C15H22N2O. The van der Waals surface area contributed by atoms with E-state index in [1.807, 2.05) is 30.9 Å². The predicted octanol–water partition coefficient (Wildman–Crippen LogP) is 2.34. The van der Waals surface area contributed by atoms with Gasteiger partial charge in [-0.3, -0.25) is 4.79 Å². The molecule has 1 saturated heterocycles. The molecule has 0 saturated carbocycles. The van der Waals surface area contributed by atoms with Crippen LogP contribution in [-0.2, 0) is 11.2 Å². The molecule has 0 spiro atoms. The van der Waals surface area contributed by atoms with Crippen molar-refractivity contribution in [2.24, 2.45) is 11.1 Å². The molecule has 1 heterocycles. The lowest BCUT2D eigenvalue weighted by molar-refractivity contribution is -0.129. The number of nitrogens with two attached hydrogens (primary N) is 1. The molecule has 98 valence electrons. The molecule has 1 aliphatic rings. The molecule has 18 heavy (non-hydrogen) atoms. The molecule has 0 aromatic heterocycles. The second-order valence-electron chi connectivity index (χ2n) is 5.59. The van der Waals surface area contributed by atoms with Gasteiger partial charge in [-0.25, -0.2) is 0 Å². The van der Waals surface area contributed by atoms with Gasteiger partial charge in [-0.15, -0.1) is 0 Å². The maximum atomic E-state index is 12.5. The fourth-order valence-electron chi connectivity index (χ4n) is 2.39. The fraction of sp³-hybridized carbons (Fsp3) is 0.533. The van der Waals surface area contributed by atoms with E-state index in [4.69, 9.17) is 5.73 Å². The number of carbonyl (C=O) groups is 1. The topological polar surface area (TPSA) is 46.3 Å². The summed E-state index contributed by atoms with van der Waals surface area (Å²) in [5.74, 6) is 0.130. The van der Waals surface area contributed by atoms with Crippen LogP contribution in [0.15, 0.2) is 24.3 Å². The Bertz CT molecular complexity index is 436. The molecule has 1 aromatic rings. The molecule has 0 radical (unpaired) electrons. The van der Waals surface area contributed by atoms with Crippen LogP contribution in [0.4, 0.5) is 5.69 Å². The summed E-state index contributed by atoms with van der Waals surface area (Å²) in [5, 5.41) is 0. The van der Waals surface area contributed by atoms with E-state index in [0.29, 0.717) is 0 Å². The Kier molecular flexibility index (Phi) is 3.44. The van der Waals surface area contributed by atoms with Crippen molar-refractivity contribution in [2.45, 2.75) is 39.7 Å². The summed E-state index contributed by atoms with van der Waals surface area (Å²) >= 11 is 0. The third-order valence-corrected chi connectivity index (χ3v) is 4.04. The van der Waals surface area contributed by atoms with Crippen LogP contribution in [0.2, 0.25) is 0 Å². The summed E-state index contributed by atoms with van der Waals surface area (Å²) in [6, 6.07) is 8.19. The lowest BCUT2D eigenvalue weighted by Gasteiger charge is -2.41. The Morgan fingerprint density at radius 3 is 2.50 bits per heavy atom. The molecule has 1 aromatic carbocycles. The van der Waals surface area contributed by atoms with Gasteiger partial charge in [-0.1, -0.05) is 19.1 Å². The first kappa shape index (κ1) is 13.1. The van der Waals surface area contributed by atoms with Crippen molar-refractivity contribution in [3.8, 4) is 0 Å². The second-order valence-corrected chi connectivity index (χ2v) is 5.59. The van der Waals surface area contributed by atoms with E-state index in [1.165, 1.54) is 5.56 Å². The lowest BCUT2D eigenvalue weighted by Crippen LogP contribution is -2.56. The number of rotatable bonds is 2. The Labute approximate surface area is 109 Å². The number of nitrogens with zero attached hydrogens (tertiary/aromatic N) is 1. The number of hydrogen-bond donors (Lipinski definition) is 1. The van der Waals surface area contributed by atoms with Gasteiger partial charge in [0.1, 0.15) is 0 Å². The fourth-order valence-corrected chi connectivity index (χ4v) is 2.39. The molecule has 3 nitrogen and oxygen atoms in total. The minimum Gasteiger partial charge on any atom is -0.327 e. The minimum atomic E-state index is -0.471. The first-order valence-electron chi connectivity index (χ1n) is 6.63. The Hall–Kier alpha value is -1.35. The van der Waals surface area contributed by atoms with Crippen molar-refractivity contribution >= 4 is 11.6 Å². The van der Waals surface area contributed by atoms with Crippen molar-refractivity contribution < 1.29 is 4.79 Å². The first-order valence-corrected chi connectivity index (χ1v) is 6.63. The van der Waals surface area contributed by atoms with E-state index in [-0.39, 0.29) is 11.9 Å². The zero-order chi connectivity index (χ0) is 13.3. The molecule has 1 unspecified atom stereocenters. The highest BCUT2D eigenvalue weighted by molar-refractivity contribution is 5.98. The number of benzene rings is 1. The standard InChI is InChI=1S/C15H22N2O/c1-4-11-5-7-12(8-6-11)17-10-9-13(16)15(2,3)14(17)18/h5-8,13H,4,9-10,16H2,1-3H3. The Balaban J connectivity index is 2.25. The number of piperidine rings is 1. The van der Waals surface area contributed by atoms with Crippen molar-refractivity contribution in [1.82, 2.24) is 0 Å². The van der Waals surface area contributed by atoms with Crippen LogP contribution in [0.5, 0.6) is 0 Å². The first-order chi connectivity index (χ1) is 8.46. The third-order valence-electron chi connectivity index (χ3n) is 4.04. The van der Waals surface area contributed by atoms with Gasteiger partial charge in [-0.05, 0) is 44.4 Å². The van der Waals surface area contributed by atoms with E-state index in [1.54, 1.807) is 0 Å². The Morgan fingerprint density at radius 1 is 1.33 bits per heavy atom. The lowest BCUT2D eigenvalue weighted by atomic mass is 9.78. The van der Waals surface area contributed by atoms with E-state index >= 15 is 0 Å². The van der Waals surface area contributed by atoms with Crippen molar-refractivity contribution in [3.05, 3.63) is 29.8 Å². The van der Waals surface area contributed by atoms with Crippen LogP contribution in [0.3, 0.4) is 0 Å².